The maximum Gasteiger partial charge on any atom is 0.255 e. The minimum Gasteiger partial charge on any atom is -0.497 e. The van der Waals surface area contributed by atoms with Gasteiger partial charge in [0.15, 0.2) is 5.54 Å². The van der Waals surface area contributed by atoms with Crippen LogP contribution in [0.25, 0.3) is 0 Å². The van der Waals surface area contributed by atoms with Crippen LogP contribution in [-0.4, -0.2) is 79.0 Å². The Kier molecular flexibility index (Phi) is 5.41. The van der Waals surface area contributed by atoms with E-state index in [4.69, 9.17) is 19.6 Å². The molecule has 2 atom stereocenters. The second kappa shape index (κ2) is 8.12. The Morgan fingerprint density at radius 1 is 1.28 bits per heavy atom. The Labute approximate surface area is 187 Å². The van der Waals surface area contributed by atoms with Crippen LogP contribution < -0.4 is 10.1 Å². The molecule has 1 aromatic rings. The van der Waals surface area contributed by atoms with Crippen molar-refractivity contribution in [1.82, 2.24) is 15.2 Å². The molecule has 2 fully saturated rings. The summed E-state index contributed by atoms with van der Waals surface area (Å²) in [6.07, 6.45) is 1.79. The predicted molar refractivity (Wildman–Crippen MR) is 118 cm³/mol. The monoisotopic (exact) mass is 443 g/mol. The number of carbonyl (C=O) groups excluding carboxylic acids is 1. The maximum atomic E-state index is 14.4. The van der Waals surface area contributed by atoms with Gasteiger partial charge >= 0.3 is 0 Å². The molecule has 0 radical (unpaired) electrons. The summed E-state index contributed by atoms with van der Waals surface area (Å²) in [6, 6.07) is 4.93. The molecule has 32 heavy (non-hydrogen) atoms. The lowest BCUT2D eigenvalue weighted by molar-refractivity contribution is -0.129. The first-order chi connectivity index (χ1) is 15.4. The van der Waals surface area contributed by atoms with Gasteiger partial charge in [0, 0.05) is 44.2 Å². The summed E-state index contributed by atoms with van der Waals surface area (Å²) in [5.41, 5.74) is -0.0782. The number of fused-ring (bicyclic) bond motifs is 1. The summed E-state index contributed by atoms with van der Waals surface area (Å²) < 4.78 is 25.0. The molecule has 9 heteroatoms. The topological polar surface area (TPSA) is 78.8 Å². The molecule has 0 spiro atoms. The maximum absolute atomic E-state index is 14.4. The summed E-state index contributed by atoms with van der Waals surface area (Å²) in [7, 11) is 1.53. The average Bonchev–Trinajstić information content (AvgIpc) is 3.12. The number of amides is 1. The van der Waals surface area contributed by atoms with Crippen molar-refractivity contribution in [1.29, 1.82) is 0 Å². The summed E-state index contributed by atoms with van der Waals surface area (Å²) >= 11 is 0. The first-order valence-corrected chi connectivity index (χ1v) is 11.3. The van der Waals surface area contributed by atoms with Crippen LogP contribution in [0.5, 0.6) is 5.75 Å². The van der Waals surface area contributed by atoms with Crippen molar-refractivity contribution in [2.24, 2.45) is 16.0 Å². The van der Waals surface area contributed by atoms with E-state index in [0.717, 1.165) is 18.7 Å². The largest absolute Gasteiger partial charge is 0.497 e. The Balaban J connectivity index is 1.30. The number of hydrogen-bond donors (Lipinski definition) is 1. The van der Waals surface area contributed by atoms with Gasteiger partial charge in [0.25, 0.3) is 5.91 Å². The fourth-order valence-corrected chi connectivity index (χ4v) is 4.95. The molecule has 1 amide bonds. The third-order valence-corrected chi connectivity index (χ3v) is 7.26. The van der Waals surface area contributed by atoms with E-state index in [9.17, 15) is 9.18 Å². The Morgan fingerprint density at radius 2 is 2.03 bits per heavy atom. The summed E-state index contributed by atoms with van der Waals surface area (Å²) in [5, 5.41) is 9.75. The van der Waals surface area contributed by atoms with Gasteiger partial charge in [-0.15, -0.1) is 0 Å². The van der Waals surface area contributed by atoms with E-state index in [2.05, 4.69) is 10.2 Å². The van der Waals surface area contributed by atoms with Gasteiger partial charge in [0.2, 0.25) is 0 Å². The molecule has 8 nitrogen and oxygen atoms in total. The normalized spacial score (nSPS) is 27.9. The van der Waals surface area contributed by atoms with Crippen molar-refractivity contribution in [3.8, 4) is 5.75 Å². The van der Waals surface area contributed by atoms with Crippen LogP contribution in [0, 0.1) is 11.7 Å². The number of likely N-dealkylation sites (tertiary alicyclic amines) is 1. The molecule has 172 valence electrons. The highest BCUT2D eigenvalue weighted by atomic mass is 19.1. The number of aliphatic imine (C=N–C) groups is 1. The number of halogens is 1. The summed E-state index contributed by atoms with van der Waals surface area (Å²) in [4.78, 5) is 20.0. The van der Waals surface area contributed by atoms with Crippen molar-refractivity contribution in [3.05, 3.63) is 29.6 Å². The van der Waals surface area contributed by atoms with Crippen molar-refractivity contribution >= 4 is 17.6 Å². The number of nitrogens with zero attached hydrogens (tertiary/aromatic N) is 4. The molecule has 4 aliphatic heterocycles. The first kappa shape index (κ1) is 21.3. The first-order valence-electron chi connectivity index (χ1n) is 11.3. The molecule has 0 saturated carbocycles. The summed E-state index contributed by atoms with van der Waals surface area (Å²) in [5.74, 6) is 2.11. The lowest BCUT2D eigenvalue weighted by Crippen LogP contribution is -2.65. The molecule has 0 aromatic heterocycles. The molecular formula is C23H30FN5O3. The predicted octanol–water partition coefficient (Wildman–Crippen LogP) is 1.96. The van der Waals surface area contributed by atoms with E-state index in [1.165, 1.54) is 13.2 Å². The number of carbonyl (C=O) groups is 1. The van der Waals surface area contributed by atoms with Crippen LogP contribution in [0.3, 0.4) is 0 Å². The number of hydrogen-bond acceptors (Lipinski definition) is 7. The van der Waals surface area contributed by atoms with E-state index < -0.39 is 5.54 Å². The van der Waals surface area contributed by atoms with E-state index in [0.29, 0.717) is 50.0 Å². The van der Waals surface area contributed by atoms with Gasteiger partial charge in [-0.05, 0) is 38.3 Å². The lowest BCUT2D eigenvalue weighted by atomic mass is 9.89. The molecule has 4 heterocycles. The SMILES string of the molecule is COc1ccc(C2CN(C(C)C3=NN4C(C5CCOCC5)=NCC4(C)C(=O)N3)C2)c(F)c1. The smallest absolute Gasteiger partial charge is 0.255 e. The zero-order valence-corrected chi connectivity index (χ0v) is 18.8. The average molecular weight is 444 g/mol. The fourth-order valence-electron chi connectivity index (χ4n) is 4.95. The molecule has 2 saturated heterocycles. The van der Waals surface area contributed by atoms with E-state index in [1.807, 2.05) is 18.9 Å². The second-order valence-electron chi connectivity index (χ2n) is 9.30. The standard InChI is InChI=1S/C23H30FN5O3/c1-14(28-11-16(12-28)18-5-4-17(31-3)10-19(18)24)20-26-22(30)23(2)13-25-21(29(23)27-20)15-6-8-32-9-7-15/h4-5,10,14-16H,6-9,11-13H2,1-3H3,(H,26,27,30). The zero-order valence-electron chi connectivity index (χ0n) is 18.8. The Bertz CT molecular complexity index is 970. The highest BCUT2D eigenvalue weighted by Gasteiger charge is 2.51. The third-order valence-electron chi connectivity index (χ3n) is 7.26. The van der Waals surface area contributed by atoms with E-state index in [1.54, 1.807) is 12.1 Å². The molecule has 2 unspecified atom stereocenters. The number of benzene rings is 1. The summed E-state index contributed by atoms with van der Waals surface area (Å²) in [6.45, 7) is 7.18. The number of ether oxygens (including phenoxy) is 2. The van der Waals surface area contributed by atoms with Crippen molar-refractivity contribution in [3.63, 3.8) is 0 Å². The van der Waals surface area contributed by atoms with Gasteiger partial charge in [0.1, 0.15) is 23.2 Å². The van der Waals surface area contributed by atoms with Crippen LogP contribution in [0.15, 0.2) is 28.3 Å². The van der Waals surface area contributed by atoms with Gasteiger partial charge < -0.3 is 14.8 Å². The molecule has 0 aliphatic carbocycles. The molecule has 1 N–H and O–H groups in total. The molecule has 5 rings (SSSR count). The minimum atomic E-state index is -0.777. The molecule has 1 aromatic carbocycles. The van der Waals surface area contributed by atoms with E-state index >= 15 is 0 Å². The number of nitrogens with one attached hydrogen (secondary N) is 1. The van der Waals surface area contributed by atoms with Crippen molar-refractivity contribution in [2.75, 3.05) is 40.0 Å². The van der Waals surface area contributed by atoms with Crippen LogP contribution in [0.4, 0.5) is 4.39 Å². The number of methoxy groups -OCH3 is 1. The van der Waals surface area contributed by atoms with Gasteiger partial charge in [0.05, 0.1) is 19.7 Å². The third kappa shape index (κ3) is 3.47. The van der Waals surface area contributed by atoms with Crippen LogP contribution in [-0.2, 0) is 9.53 Å². The quantitative estimate of drug-likeness (QED) is 0.753. The fraction of sp³-hybridized carbons (Fsp3) is 0.609. The molecule has 4 aliphatic rings. The molecular weight excluding hydrogens is 413 g/mol. The van der Waals surface area contributed by atoms with Crippen molar-refractivity contribution in [2.45, 2.75) is 44.2 Å². The highest BCUT2D eigenvalue weighted by Crippen LogP contribution is 2.35. The van der Waals surface area contributed by atoms with Crippen LogP contribution in [0.1, 0.15) is 38.2 Å². The van der Waals surface area contributed by atoms with E-state index in [-0.39, 0.29) is 29.6 Å². The number of hydrazone groups is 1. The lowest BCUT2D eigenvalue weighted by Gasteiger charge is -2.46. The van der Waals surface area contributed by atoms with Crippen molar-refractivity contribution < 1.29 is 18.7 Å². The Hall–Kier alpha value is -2.52. The Morgan fingerprint density at radius 3 is 2.72 bits per heavy atom. The second-order valence-corrected chi connectivity index (χ2v) is 9.30. The van der Waals surface area contributed by atoms with Gasteiger partial charge in [-0.3, -0.25) is 14.7 Å². The number of rotatable bonds is 5. The van der Waals surface area contributed by atoms with Crippen LogP contribution >= 0.6 is 0 Å². The number of amidine groups is 2. The highest BCUT2D eigenvalue weighted by molar-refractivity contribution is 6.09. The van der Waals surface area contributed by atoms with Crippen LogP contribution in [0.2, 0.25) is 0 Å². The zero-order chi connectivity index (χ0) is 22.5. The van der Waals surface area contributed by atoms with Gasteiger partial charge in [-0.1, -0.05) is 6.07 Å². The minimum absolute atomic E-state index is 0.0709. The van der Waals surface area contributed by atoms with Gasteiger partial charge in [-0.2, -0.15) is 5.10 Å². The molecule has 0 bridgehead atoms. The van der Waals surface area contributed by atoms with Gasteiger partial charge in [-0.25, -0.2) is 9.40 Å².